The third kappa shape index (κ3) is 3.83. The Labute approximate surface area is 188 Å². The number of rotatable bonds is 5. The first-order chi connectivity index (χ1) is 14.9. The maximum Gasteiger partial charge on any atom is 0.0376 e. The van der Waals surface area contributed by atoms with Crippen molar-refractivity contribution in [1.82, 2.24) is 4.90 Å². The Kier molecular flexibility index (Phi) is 5.79. The number of nitrogens with zero attached hydrogens (tertiary/aromatic N) is 1. The third-order valence-electron chi connectivity index (χ3n) is 7.42. The Hall–Kier alpha value is -2.80. The second-order valence-electron chi connectivity index (χ2n) is 9.40. The number of hydrogen-bond acceptors (Lipinski definition) is 1. The fourth-order valence-corrected chi connectivity index (χ4v) is 5.47. The Morgan fingerprint density at radius 2 is 1.71 bits per heavy atom. The van der Waals surface area contributed by atoms with Crippen molar-refractivity contribution in [3.05, 3.63) is 102 Å². The molecular weight excluding hydrogens is 374 g/mol. The van der Waals surface area contributed by atoms with E-state index in [2.05, 4.69) is 106 Å². The van der Waals surface area contributed by atoms with Crippen LogP contribution in [0.3, 0.4) is 0 Å². The van der Waals surface area contributed by atoms with Crippen LogP contribution in [-0.2, 0) is 0 Å². The van der Waals surface area contributed by atoms with E-state index in [1.54, 1.807) is 5.57 Å². The molecule has 0 aromatic heterocycles. The molecule has 1 nitrogen and oxygen atoms in total. The average molecular weight is 410 g/mol. The third-order valence-corrected chi connectivity index (χ3v) is 7.42. The molecule has 0 saturated heterocycles. The molecule has 0 spiro atoms. The normalized spacial score (nSPS) is 23.0. The Balaban J connectivity index is 1.64. The van der Waals surface area contributed by atoms with E-state index in [-0.39, 0.29) is 5.41 Å². The van der Waals surface area contributed by atoms with E-state index in [0.717, 1.165) is 37.2 Å². The highest BCUT2D eigenvalue weighted by molar-refractivity contribution is 5.77. The van der Waals surface area contributed by atoms with E-state index in [4.69, 9.17) is 0 Å². The molecule has 2 unspecified atom stereocenters. The second-order valence-corrected chi connectivity index (χ2v) is 9.40. The summed E-state index contributed by atoms with van der Waals surface area (Å²) in [5.41, 5.74) is 10.6. The molecule has 0 N–H and O–H groups in total. The maximum absolute atomic E-state index is 4.52. The number of benzene rings is 2. The minimum absolute atomic E-state index is 0.187. The summed E-state index contributed by atoms with van der Waals surface area (Å²) in [7, 11) is 0. The van der Waals surface area contributed by atoms with E-state index >= 15 is 0 Å². The first kappa shape index (κ1) is 21.4. The molecule has 160 valence electrons. The van der Waals surface area contributed by atoms with Gasteiger partial charge in [0.1, 0.15) is 0 Å². The first-order valence-corrected chi connectivity index (χ1v) is 11.5. The monoisotopic (exact) mass is 409 g/mol. The van der Waals surface area contributed by atoms with Gasteiger partial charge >= 0.3 is 0 Å². The molecule has 2 aromatic carbocycles. The van der Waals surface area contributed by atoms with Gasteiger partial charge in [0, 0.05) is 35.7 Å². The predicted octanol–water partition coefficient (Wildman–Crippen LogP) is 7.76. The largest absolute Gasteiger partial charge is 0.367 e. The van der Waals surface area contributed by atoms with Crippen LogP contribution in [0.15, 0.2) is 79.4 Å². The maximum atomic E-state index is 4.52. The molecule has 2 aliphatic rings. The highest BCUT2D eigenvalue weighted by Gasteiger charge is 2.42. The van der Waals surface area contributed by atoms with Gasteiger partial charge in [-0.3, -0.25) is 0 Å². The molecule has 4 rings (SSSR count). The van der Waals surface area contributed by atoms with Crippen LogP contribution < -0.4 is 0 Å². The molecule has 0 saturated carbocycles. The van der Waals surface area contributed by atoms with Crippen LogP contribution >= 0.6 is 0 Å². The minimum Gasteiger partial charge on any atom is -0.367 e. The van der Waals surface area contributed by atoms with Gasteiger partial charge in [-0.15, -0.1) is 0 Å². The molecule has 1 aliphatic carbocycles. The fraction of sp³-hybridized carbons (Fsp3) is 0.333. The van der Waals surface area contributed by atoms with Crippen LogP contribution in [-0.4, -0.2) is 18.0 Å². The van der Waals surface area contributed by atoms with Gasteiger partial charge in [-0.1, -0.05) is 104 Å². The van der Waals surface area contributed by atoms with E-state index in [1.165, 1.54) is 27.8 Å². The summed E-state index contributed by atoms with van der Waals surface area (Å²) in [6.45, 7) is 19.6. The zero-order valence-electron chi connectivity index (χ0n) is 19.5. The van der Waals surface area contributed by atoms with Crippen LogP contribution in [0.25, 0.3) is 16.8 Å². The molecule has 0 amide bonds. The molecule has 1 heterocycles. The minimum atomic E-state index is 0.187. The lowest BCUT2D eigenvalue weighted by Gasteiger charge is -2.49. The van der Waals surface area contributed by atoms with Gasteiger partial charge in [0.15, 0.2) is 0 Å². The Morgan fingerprint density at radius 1 is 1.03 bits per heavy atom. The zero-order valence-corrected chi connectivity index (χ0v) is 19.5. The first-order valence-electron chi connectivity index (χ1n) is 11.5. The molecular formula is C30H35N. The van der Waals surface area contributed by atoms with E-state index in [9.17, 15) is 0 Å². The van der Waals surface area contributed by atoms with Crippen molar-refractivity contribution in [2.24, 2.45) is 11.3 Å². The Bertz CT molecular complexity index is 1070. The highest BCUT2D eigenvalue weighted by Crippen LogP contribution is 2.51. The quantitative estimate of drug-likeness (QED) is 0.456. The molecule has 0 radical (unpaired) electrons. The van der Waals surface area contributed by atoms with Crippen molar-refractivity contribution >= 4 is 16.8 Å². The van der Waals surface area contributed by atoms with Gasteiger partial charge in [-0.05, 0) is 43.4 Å². The van der Waals surface area contributed by atoms with Crippen LogP contribution in [0, 0.1) is 18.3 Å². The molecule has 0 fully saturated rings. The topological polar surface area (TPSA) is 3.24 Å². The van der Waals surface area contributed by atoms with E-state index in [0.29, 0.717) is 5.92 Å². The van der Waals surface area contributed by atoms with E-state index < -0.39 is 0 Å². The molecule has 1 heteroatoms. The molecule has 2 atom stereocenters. The fourth-order valence-electron chi connectivity index (χ4n) is 5.47. The summed E-state index contributed by atoms with van der Waals surface area (Å²) in [5, 5.41) is 0. The van der Waals surface area contributed by atoms with Crippen molar-refractivity contribution in [3.63, 3.8) is 0 Å². The number of fused-ring (bicyclic) bond motifs is 1. The van der Waals surface area contributed by atoms with Crippen molar-refractivity contribution in [2.75, 3.05) is 13.1 Å². The zero-order chi connectivity index (χ0) is 22.2. The van der Waals surface area contributed by atoms with Crippen LogP contribution in [0.1, 0.15) is 55.9 Å². The van der Waals surface area contributed by atoms with Crippen LogP contribution in [0.2, 0.25) is 0 Å². The summed E-state index contributed by atoms with van der Waals surface area (Å²) in [4.78, 5) is 2.48. The predicted molar refractivity (Wildman–Crippen MR) is 136 cm³/mol. The number of allylic oxidation sites excluding steroid dienone is 3. The van der Waals surface area contributed by atoms with Crippen LogP contribution in [0.4, 0.5) is 0 Å². The summed E-state index contributed by atoms with van der Waals surface area (Å²) in [6, 6.07) is 17.5. The lowest BCUT2D eigenvalue weighted by atomic mass is 9.62. The van der Waals surface area contributed by atoms with Gasteiger partial charge in [0.05, 0.1) is 0 Å². The molecule has 1 aliphatic heterocycles. The summed E-state index contributed by atoms with van der Waals surface area (Å²) < 4.78 is 0. The summed E-state index contributed by atoms with van der Waals surface area (Å²) in [5.74, 6) is 0.453. The van der Waals surface area contributed by atoms with Crippen molar-refractivity contribution in [2.45, 2.75) is 40.5 Å². The van der Waals surface area contributed by atoms with Crippen molar-refractivity contribution < 1.29 is 0 Å². The van der Waals surface area contributed by atoms with Crippen molar-refractivity contribution in [1.29, 1.82) is 0 Å². The lowest BCUT2D eigenvalue weighted by molar-refractivity contribution is 0.210. The Morgan fingerprint density at radius 3 is 2.35 bits per heavy atom. The lowest BCUT2D eigenvalue weighted by Crippen LogP contribution is -2.44. The smallest absolute Gasteiger partial charge is 0.0376 e. The van der Waals surface area contributed by atoms with Gasteiger partial charge in [0.2, 0.25) is 0 Å². The van der Waals surface area contributed by atoms with Crippen LogP contribution in [0.5, 0.6) is 0 Å². The SMILES string of the molecule is C=C(C)c1ccccc1C(=C)N1CC=C2C(C)C(c3ccc(C)cc3)=CCC2(CC)C1. The van der Waals surface area contributed by atoms with Gasteiger partial charge in [0.25, 0.3) is 0 Å². The molecule has 31 heavy (non-hydrogen) atoms. The summed E-state index contributed by atoms with van der Waals surface area (Å²) >= 11 is 0. The van der Waals surface area contributed by atoms with Gasteiger partial charge < -0.3 is 4.90 Å². The number of aryl methyl sites for hydroxylation is 1. The second kappa shape index (κ2) is 8.38. The number of hydrogen-bond donors (Lipinski definition) is 0. The highest BCUT2D eigenvalue weighted by atomic mass is 15.1. The summed E-state index contributed by atoms with van der Waals surface area (Å²) in [6.07, 6.45) is 7.24. The van der Waals surface area contributed by atoms with Crippen molar-refractivity contribution in [3.8, 4) is 0 Å². The van der Waals surface area contributed by atoms with Gasteiger partial charge in [-0.2, -0.15) is 0 Å². The van der Waals surface area contributed by atoms with E-state index in [1.807, 2.05) is 0 Å². The standard InChI is InChI=1S/C30H35N/c1-7-30-18-16-27(25-14-12-22(4)13-15-25)23(5)29(30)17-19-31(20-30)24(6)28-11-9-8-10-26(28)21(2)3/h8-17,23H,2,6-7,18-20H2,1,3-5H3. The average Bonchev–Trinajstić information content (AvgIpc) is 2.79. The van der Waals surface area contributed by atoms with Gasteiger partial charge in [-0.25, -0.2) is 0 Å². The molecule has 2 aromatic rings. The molecule has 0 bridgehead atoms.